The van der Waals surface area contributed by atoms with Gasteiger partial charge in [0.1, 0.15) is 0 Å². The van der Waals surface area contributed by atoms with E-state index in [0.29, 0.717) is 29.8 Å². The summed E-state index contributed by atoms with van der Waals surface area (Å²) in [5.74, 6) is -0.811. The van der Waals surface area contributed by atoms with E-state index in [2.05, 4.69) is 5.32 Å². The van der Waals surface area contributed by atoms with Crippen LogP contribution in [-0.4, -0.2) is 41.2 Å². The molecule has 6 heteroatoms. The number of imide groups is 1. The van der Waals surface area contributed by atoms with E-state index in [9.17, 15) is 14.4 Å². The van der Waals surface area contributed by atoms with Gasteiger partial charge in [-0.25, -0.2) is 0 Å². The van der Waals surface area contributed by atoms with Crippen molar-refractivity contribution in [3.8, 4) is 0 Å². The fraction of sp³-hybridized carbons (Fsp3) is 0.526. The van der Waals surface area contributed by atoms with E-state index in [1.165, 1.54) is 11.0 Å². The Morgan fingerprint density at radius 3 is 2.52 bits per heavy atom. The Labute approximate surface area is 147 Å². The number of amides is 3. The lowest BCUT2D eigenvalue weighted by Crippen LogP contribution is -2.51. The van der Waals surface area contributed by atoms with Crippen LogP contribution >= 0.6 is 0 Å². The number of carbonyl (C=O) groups is 3. The summed E-state index contributed by atoms with van der Waals surface area (Å²) in [4.78, 5) is 38.8. The average Bonchev–Trinajstić information content (AvgIpc) is 3.18. The minimum atomic E-state index is -0.344. The maximum atomic E-state index is 12.6. The number of hydrogen-bond donors (Lipinski definition) is 2. The monoisotopic (exact) mass is 343 g/mol. The lowest BCUT2D eigenvalue weighted by molar-refractivity contribution is 0.0652. The van der Waals surface area contributed by atoms with Gasteiger partial charge in [-0.2, -0.15) is 0 Å². The van der Waals surface area contributed by atoms with Crippen molar-refractivity contribution in [3.05, 3.63) is 34.9 Å². The van der Waals surface area contributed by atoms with Gasteiger partial charge in [0.2, 0.25) is 0 Å². The molecular weight excluding hydrogens is 318 g/mol. The molecule has 25 heavy (non-hydrogen) atoms. The Bertz CT molecular complexity index is 708. The molecule has 3 amide bonds. The molecule has 0 atom stereocenters. The third-order valence-electron chi connectivity index (χ3n) is 5.30. The predicted octanol–water partition coefficient (Wildman–Crippen LogP) is 2.08. The van der Waals surface area contributed by atoms with Gasteiger partial charge in [0.25, 0.3) is 17.7 Å². The van der Waals surface area contributed by atoms with Crippen LogP contribution in [0.5, 0.6) is 0 Å². The molecule has 1 saturated carbocycles. The predicted molar refractivity (Wildman–Crippen MR) is 94.4 cm³/mol. The van der Waals surface area contributed by atoms with Gasteiger partial charge in [-0.05, 0) is 37.5 Å². The van der Waals surface area contributed by atoms with Crippen molar-refractivity contribution >= 4 is 17.7 Å². The van der Waals surface area contributed by atoms with Crippen LogP contribution in [0.3, 0.4) is 0 Å². The normalized spacial score (nSPS) is 18.6. The molecule has 3 rings (SSSR count). The number of rotatable bonds is 6. The third-order valence-corrected chi connectivity index (χ3v) is 5.30. The van der Waals surface area contributed by atoms with Crippen molar-refractivity contribution < 1.29 is 14.4 Å². The Morgan fingerprint density at radius 2 is 1.88 bits per heavy atom. The molecule has 0 saturated heterocycles. The largest absolute Gasteiger partial charge is 0.345 e. The molecule has 0 aromatic heterocycles. The summed E-state index contributed by atoms with van der Waals surface area (Å²) in [5, 5.41) is 3.05. The van der Waals surface area contributed by atoms with Crippen molar-refractivity contribution in [2.45, 2.75) is 51.0 Å². The second kappa shape index (κ2) is 6.96. The first-order chi connectivity index (χ1) is 12.0. The van der Waals surface area contributed by atoms with Crippen LogP contribution in [0.4, 0.5) is 0 Å². The molecule has 1 heterocycles. The highest BCUT2D eigenvalue weighted by atomic mass is 16.2. The van der Waals surface area contributed by atoms with E-state index >= 15 is 0 Å². The second-order valence-electron chi connectivity index (χ2n) is 7.02. The number of nitrogens with two attached hydrogens (primary N) is 1. The highest BCUT2D eigenvalue weighted by Gasteiger charge is 2.37. The van der Waals surface area contributed by atoms with E-state index in [-0.39, 0.29) is 23.3 Å². The van der Waals surface area contributed by atoms with Crippen LogP contribution in [0.25, 0.3) is 0 Å². The molecule has 3 N–H and O–H groups in total. The Morgan fingerprint density at radius 1 is 1.20 bits per heavy atom. The van der Waals surface area contributed by atoms with Crippen molar-refractivity contribution in [3.63, 3.8) is 0 Å². The number of carbonyl (C=O) groups excluding carboxylic acids is 3. The first kappa shape index (κ1) is 17.6. The summed E-state index contributed by atoms with van der Waals surface area (Å²) in [7, 11) is 0. The smallest absolute Gasteiger partial charge is 0.261 e. The fourth-order valence-electron chi connectivity index (χ4n) is 3.70. The van der Waals surface area contributed by atoms with Crippen LogP contribution in [0.15, 0.2) is 18.2 Å². The van der Waals surface area contributed by atoms with Gasteiger partial charge in [-0.1, -0.05) is 26.2 Å². The number of benzene rings is 1. The van der Waals surface area contributed by atoms with Crippen LogP contribution in [0.2, 0.25) is 0 Å². The molecule has 0 unspecified atom stereocenters. The van der Waals surface area contributed by atoms with E-state index in [0.717, 1.165) is 38.5 Å². The Hall–Kier alpha value is -2.21. The molecule has 1 aromatic carbocycles. The summed E-state index contributed by atoms with van der Waals surface area (Å²) < 4.78 is 0. The molecule has 0 spiro atoms. The van der Waals surface area contributed by atoms with Crippen LogP contribution in [0, 0.1) is 0 Å². The highest BCUT2D eigenvalue weighted by molar-refractivity contribution is 6.22. The SMILES string of the molecule is CCCCN1C(=O)c2ccc(C(=O)NC3(CN)CCCC3)cc2C1=O. The van der Waals surface area contributed by atoms with Gasteiger partial charge in [-0.15, -0.1) is 0 Å². The Balaban J connectivity index is 1.80. The minimum Gasteiger partial charge on any atom is -0.345 e. The third kappa shape index (κ3) is 3.18. The molecule has 0 bridgehead atoms. The molecule has 1 fully saturated rings. The number of nitrogens with one attached hydrogen (secondary N) is 1. The molecule has 2 aliphatic rings. The van der Waals surface area contributed by atoms with E-state index in [4.69, 9.17) is 5.73 Å². The zero-order chi connectivity index (χ0) is 18.0. The number of hydrogen-bond acceptors (Lipinski definition) is 4. The van der Waals surface area contributed by atoms with Gasteiger partial charge in [0.15, 0.2) is 0 Å². The maximum Gasteiger partial charge on any atom is 0.261 e. The van der Waals surface area contributed by atoms with Gasteiger partial charge < -0.3 is 11.1 Å². The van der Waals surface area contributed by atoms with Gasteiger partial charge in [0.05, 0.1) is 16.7 Å². The molecule has 134 valence electrons. The quantitative estimate of drug-likeness (QED) is 0.774. The Kier molecular flexibility index (Phi) is 4.90. The van der Waals surface area contributed by atoms with Crippen LogP contribution in [-0.2, 0) is 0 Å². The summed E-state index contributed by atoms with van der Waals surface area (Å²) >= 11 is 0. The molecule has 1 aromatic rings. The van der Waals surface area contributed by atoms with E-state index in [1.54, 1.807) is 12.1 Å². The maximum absolute atomic E-state index is 12.6. The molecule has 1 aliphatic carbocycles. The van der Waals surface area contributed by atoms with Crippen LogP contribution < -0.4 is 11.1 Å². The molecule has 6 nitrogen and oxygen atoms in total. The summed E-state index contributed by atoms with van der Waals surface area (Å²) in [6.07, 6.45) is 5.55. The lowest BCUT2D eigenvalue weighted by atomic mass is 9.96. The molecule has 1 aliphatic heterocycles. The minimum absolute atomic E-state index is 0.234. The topological polar surface area (TPSA) is 92.5 Å². The summed E-state index contributed by atoms with van der Waals surface area (Å²) in [6, 6.07) is 4.73. The molecular formula is C19H25N3O3. The first-order valence-electron chi connectivity index (χ1n) is 9.04. The first-order valence-corrected chi connectivity index (χ1v) is 9.04. The van der Waals surface area contributed by atoms with Crippen molar-refractivity contribution in [2.75, 3.05) is 13.1 Å². The van der Waals surface area contributed by atoms with E-state index < -0.39 is 0 Å². The average molecular weight is 343 g/mol. The van der Waals surface area contributed by atoms with Gasteiger partial charge in [0, 0.05) is 18.7 Å². The fourth-order valence-corrected chi connectivity index (χ4v) is 3.70. The summed E-state index contributed by atoms with van der Waals surface area (Å²) in [5.41, 5.74) is 6.63. The van der Waals surface area contributed by atoms with Crippen molar-refractivity contribution in [1.29, 1.82) is 0 Å². The van der Waals surface area contributed by atoms with Crippen molar-refractivity contribution in [2.24, 2.45) is 5.73 Å². The highest BCUT2D eigenvalue weighted by Crippen LogP contribution is 2.29. The van der Waals surface area contributed by atoms with Gasteiger partial charge >= 0.3 is 0 Å². The number of nitrogens with zero attached hydrogens (tertiary/aromatic N) is 1. The molecule has 0 radical (unpaired) electrons. The van der Waals surface area contributed by atoms with E-state index in [1.807, 2.05) is 6.92 Å². The van der Waals surface area contributed by atoms with Crippen molar-refractivity contribution in [1.82, 2.24) is 10.2 Å². The standard InChI is InChI=1S/C19H25N3O3/c1-2-3-10-22-17(24)14-7-6-13(11-15(14)18(22)25)16(23)21-19(12-20)8-4-5-9-19/h6-7,11H,2-5,8-10,12,20H2,1H3,(H,21,23). The number of fused-ring (bicyclic) bond motifs is 1. The lowest BCUT2D eigenvalue weighted by Gasteiger charge is -2.28. The van der Waals surface area contributed by atoms with Gasteiger partial charge in [-0.3, -0.25) is 19.3 Å². The second-order valence-corrected chi connectivity index (χ2v) is 7.02. The summed E-state index contributed by atoms with van der Waals surface area (Å²) in [6.45, 7) is 2.84. The van der Waals surface area contributed by atoms with Crippen LogP contribution in [0.1, 0.15) is 76.5 Å². The zero-order valence-corrected chi connectivity index (χ0v) is 14.6. The number of unbranched alkanes of at least 4 members (excludes halogenated alkanes) is 1. The zero-order valence-electron chi connectivity index (χ0n) is 14.6.